The van der Waals surface area contributed by atoms with E-state index < -0.39 is 35.5 Å². The van der Waals surface area contributed by atoms with Crippen LogP contribution in [0, 0.1) is 11.6 Å². The van der Waals surface area contributed by atoms with Crippen LogP contribution in [-0.4, -0.2) is 41.6 Å². The van der Waals surface area contributed by atoms with E-state index in [1.165, 1.54) is 0 Å². The summed E-state index contributed by atoms with van der Waals surface area (Å²) in [5.41, 5.74) is -0.516. The Morgan fingerprint density at radius 2 is 1.75 bits per heavy atom. The highest BCUT2D eigenvalue weighted by Crippen LogP contribution is 2.23. The number of carboxylic acid groups (broad SMARTS) is 1. The number of carbonyl (C=O) groups is 2. The number of carbonyl (C=O) groups excluding carboxylic acids is 1. The highest BCUT2D eigenvalue weighted by molar-refractivity contribution is 5.87. The van der Waals surface area contributed by atoms with Gasteiger partial charge in [0.05, 0.1) is 5.56 Å². The predicted molar refractivity (Wildman–Crippen MR) is 64.6 cm³/mol. The lowest BCUT2D eigenvalue weighted by Crippen LogP contribution is -2.32. The first-order valence-corrected chi connectivity index (χ1v) is 6.12. The molecule has 1 aliphatic heterocycles. The van der Waals surface area contributed by atoms with Crippen molar-refractivity contribution in [2.75, 3.05) is 19.7 Å². The molecule has 0 spiro atoms. The Bertz CT molecular complexity index is 518. The van der Waals surface area contributed by atoms with Gasteiger partial charge in [0.15, 0.2) is 24.0 Å². The molecule has 1 saturated heterocycles. The molecule has 0 aromatic heterocycles. The van der Waals surface area contributed by atoms with Crippen molar-refractivity contribution in [2.45, 2.75) is 12.8 Å². The standard InChI is InChI=1S/C13H13F2NO4/c14-9-5-8(13(18)19)6-10(15)12(9)20-7-11(17)16-3-1-2-4-16/h5-6H,1-4,7H2,(H,18,19). The Kier molecular flexibility index (Phi) is 4.16. The molecule has 0 radical (unpaired) electrons. The lowest BCUT2D eigenvalue weighted by molar-refractivity contribution is -0.132. The summed E-state index contributed by atoms with van der Waals surface area (Å²) in [6.07, 6.45) is 1.81. The van der Waals surface area contributed by atoms with Gasteiger partial charge in [0.1, 0.15) is 0 Å². The summed E-state index contributed by atoms with van der Waals surface area (Å²) in [5, 5.41) is 8.65. The minimum atomic E-state index is -1.44. The molecular formula is C13H13F2NO4. The van der Waals surface area contributed by atoms with Gasteiger partial charge in [-0.15, -0.1) is 0 Å². The Labute approximate surface area is 113 Å². The third-order valence-electron chi connectivity index (χ3n) is 3.04. The lowest BCUT2D eigenvalue weighted by atomic mass is 10.2. The van der Waals surface area contributed by atoms with Gasteiger partial charge in [0, 0.05) is 13.1 Å². The largest absolute Gasteiger partial charge is 0.478 e. The molecule has 20 heavy (non-hydrogen) atoms. The molecule has 2 rings (SSSR count). The average Bonchev–Trinajstić information content (AvgIpc) is 2.91. The van der Waals surface area contributed by atoms with Crippen LogP contribution in [0.5, 0.6) is 5.75 Å². The van der Waals surface area contributed by atoms with Crippen molar-refractivity contribution in [2.24, 2.45) is 0 Å². The summed E-state index contributed by atoms with van der Waals surface area (Å²) in [6.45, 7) is 0.760. The number of halogens is 2. The van der Waals surface area contributed by atoms with Gasteiger partial charge in [0.2, 0.25) is 0 Å². The number of benzene rings is 1. The summed E-state index contributed by atoms with van der Waals surface area (Å²) in [7, 11) is 0. The van der Waals surface area contributed by atoms with Crippen molar-refractivity contribution in [3.05, 3.63) is 29.3 Å². The van der Waals surface area contributed by atoms with E-state index in [1.54, 1.807) is 4.90 Å². The van der Waals surface area contributed by atoms with Gasteiger partial charge in [-0.25, -0.2) is 13.6 Å². The van der Waals surface area contributed by atoms with Gasteiger partial charge in [-0.1, -0.05) is 0 Å². The molecule has 7 heteroatoms. The number of ether oxygens (including phenoxy) is 1. The van der Waals surface area contributed by atoms with Gasteiger partial charge in [-0.2, -0.15) is 0 Å². The maximum atomic E-state index is 13.5. The predicted octanol–water partition coefficient (Wildman–Crippen LogP) is 1.66. The Morgan fingerprint density at radius 3 is 2.25 bits per heavy atom. The Balaban J connectivity index is 2.05. The number of hydrogen-bond acceptors (Lipinski definition) is 3. The fourth-order valence-corrected chi connectivity index (χ4v) is 2.01. The molecule has 0 unspecified atom stereocenters. The average molecular weight is 285 g/mol. The minimum absolute atomic E-state index is 0.344. The zero-order valence-electron chi connectivity index (χ0n) is 10.6. The molecule has 1 aromatic rings. The second-order valence-electron chi connectivity index (χ2n) is 4.45. The SMILES string of the molecule is O=C(O)c1cc(F)c(OCC(=O)N2CCCC2)c(F)c1. The van der Waals surface area contributed by atoms with Crippen molar-refractivity contribution in [3.8, 4) is 5.75 Å². The van der Waals surface area contributed by atoms with Crippen LogP contribution in [0.3, 0.4) is 0 Å². The molecule has 108 valence electrons. The zero-order valence-corrected chi connectivity index (χ0v) is 10.6. The first-order valence-electron chi connectivity index (χ1n) is 6.12. The summed E-state index contributed by atoms with van der Waals surface area (Å²) >= 11 is 0. The molecule has 0 aliphatic carbocycles. The van der Waals surface area contributed by atoms with Crippen molar-refractivity contribution in [1.29, 1.82) is 0 Å². The van der Waals surface area contributed by atoms with Gasteiger partial charge in [-0.05, 0) is 25.0 Å². The molecule has 1 aromatic carbocycles. The molecule has 1 fully saturated rings. The lowest BCUT2D eigenvalue weighted by Gasteiger charge is -2.16. The Morgan fingerprint density at radius 1 is 1.20 bits per heavy atom. The van der Waals surface area contributed by atoms with E-state index >= 15 is 0 Å². The number of aromatic carboxylic acids is 1. The van der Waals surface area contributed by atoms with Crippen LogP contribution in [-0.2, 0) is 4.79 Å². The second-order valence-corrected chi connectivity index (χ2v) is 4.45. The summed E-state index contributed by atoms with van der Waals surface area (Å²) in [6, 6.07) is 1.31. The minimum Gasteiger partial charge on any atom is -0.478 e. The quantitative estimate of drug-likeness (QED) is 0.913. The summed E-state index contributed by atoms with van der Waals surface area (Å²) < 4.78 is 31.9. The molecule has 0 saturated carbocycles. The molecule has 0 bridgehead atoms. The van der Waals surface area contributed by atoms with Crippen LogP contribution in [0.4, 0.5) is 8.78 Å². The van der Waals surface area contributed by atoms with Crippen molar-refractivity contribution >= 4 is 11.9 Å². The van der Waals surface area contributed by atoms with E-state index in [1.807, 2.05) is 0 Å². The van der Waals surface area contributed by atoms with E-state index in [4.69, 9.17) is 9.84 Å². The maximum Gasteiger partial charge on any atom is 0.335 e. The van der Waals surface area contributed by atoms with Crippen molar-refractivity contribution in [3.63, 3.8) is 0 Å². The van der Waals surface area contributed by atoms with Gasteiger partial charge >= 0.3 is 5.97 Å². The fourth-order valence-electron chi connectivity index (χ4n) is 2.01. The zero-order chi connectivity index (χ0) is 14.7. The van der Waals surface area contributed by atoms with Crippen LogP contribution in [0.1, 0.15) is 23.2 Å². The van der Waals surface area contributed by atoms with Gasteiger partial charge < -0.3 is 14.7 Å². The molecule has 1 N–H and O–H groups in total. The van der Waals surface area contributed by atoms with E-state index in [9.17, 15) is 18.4 Å². The topological polar surface area (TPSA) is 66.8 Å². The maximum absolute atomic E-state index is 13.5. The second kappa shape index (κ2) is 5.85. The fraction of sp³-hybridized carbons (Fsp3) is 0.385. The molecular weight excluding hydrogens is 272 g/mol. The third-order valence-corrected chi connectivity index (χ3v) is 3.04. The van der Waals surface area contributed by atoms with Gasteiger partial charge in [0.25, 0.3) is 5.91 Å². The molecule has 0 atom stereocenters. The van der Waals surface area contributed by atoms with Crippen LogP contribution in [0.25, 0.3) is 0 Å². The van der Waals surface area contributed by atoms with Crippen LogP contribution in [0.15, 0.2) is 12.1 Å². The smallest absolute Gasteiger partial charge is 0.335 e. The number of likely N-dealkylation sites (tertiary alicyclic amines) is 1. The summed E-state index contributed by atoms with van der Waals surface area (Å²) in [5.74, 6) is -4.80. The van der Waals surface area contributed by atoms with Crippen molar-refractivity contribution < 1.29 is 28.2 Å². The molecule has 1 aliphatic rings. The third kappa shape index (κ3) is 3.04. The van der Waals surface area contributed by atoms with Crippen LogP contribution < -0.4 is 4.74 Å². The number of nitrogens with zero attached hydrogens (tertiary/aromatic N) is 1. The normalized spacial score (nSPS) is 14.4. The molecule has 5 nitrogen and oxygen atoms in total. The van der Waals surface area contributed by atoms with Crippen LogP contribution >= 0.6 is 0 Å². The number of rotatable bonds is 4. The number of amides is 1. The van der Waals surface area contributed by atoms with E-state index in [2.05, 4.69) is 0 Å². The first kappa shape index (κ1) is 14.2. The molecule has 1 heterocycles. The first-order chi connectivity index (χ1) is 9.49. The van der Waals surface area contributed by atoms with E-state index in [0.717, 1.165) is 12.8 Å². The van der Waals surface area contributed by atoms with Crippen LogP contribution in [0.2, 0.25) is 0 Å². The monoisotopic (exact) mass is 285 g/mol. The van der Waals surface area contributed by atoms with E-state index in [0.29, 0.717) is 25.2 Å². The van der Waals surface area contributed by atoms with Crippen molar-refractivity contribution in [1.82, 2.24) is 4.90 Å². The van der Waals surface area contributed by atoms with E-state index in [-0.39, 0.29) is 5.91 Å². The summed E-state index contributed by atoms with van der Waals surface area (Å²) in [4.78, 5) is 23.9. The highest BCUT2D eigenvalue weighted by atomic mass is 19.1. The number of hydrogen-bond donors (Lipinski definition) is 1. The Hall–Kier alpha value is -2.18. The molecule has 1 amide bonds. The van der Waals surface area contributed by atoms with Gasteiger partial charge in [-0.3, -0.25) is 4.79 Å². The highest BCUT2D eigenvalue weighted by Gasteiger charge is 2.21. The number of carboxylic acids is 1.